The maximum atomic E-state index is 6.04. The molecule has 16 heavy (non-hydrogen) atoms. The van der Waals surface area contributed by atoms with Crippen molar-refractivity contribution >= 4 is 28.9 Å². The predicted molar refractivity (Wildman–Crippen MR) is 63.1 cm³/mol. The fourth-order valence-corrected chi connectivity index (χ4v) is 1.61. The van der Waals surface area contributed by atoms with Crippen molar-refractivity contribution in [2.45, 2.75) is 13.8 Å². The molecule has 2 heterocycles. The summed E-state index contributed by atoms with van der Waals surface area (Å²) in [5.74, 6) is 0.438. The van der Waals surface area contributed by atoms with Crippen LogP contribution in [0.3, 0.4) is 0 Å². The first-order valence-electron chi connectivity index (χ1n) is 4.50. The highest BCUT2D eigenvalue weighted by atomic mass is 35.5. The summed E-state index contributed by atoms with van der Waals surface area (Å²) >= 11 is 11.9. The summed E-state index contributed by atoms with van der Waals surface area (Å²) in [6.45, 7) is 3.64. The summed E-state index contributed by atoms with van der Waals surface area (Å²) in [4.78, 5) is 7.82. The summed E-state index contributed by atoms with van der Waals surface area (Å²) in [7, 11) is 0. The van der Waals surface area contributed by atoms with E-state index in [0.717, 1.165) is 5.69 Å². The van der Waals surface area contributed by atoms with Crippen LogP contribution in [0.5, 0.6) is 0 Å². The van der Waals surface area contributed by atoms with Crippen molar-refractivity contribution in [3.8, 4) is 5.82 Å². The van der Waals surface area contributed by atoms with Gasteiger partial charge in [0.25, 0.3) is 0 Å². The average molecular weight is 258 g/mol. The molecule has 0 fully saturated rings. The maximum absolute atomic E-state index is 6.04. The molecule has 0 radical (unpaired) electrons. The Hall–Kier alpha value is -1.33. The first kappa shape index (κ1) is 11.2. The number of rotatable bonds is 1. The van der Waals surface area contributed by atoms with Gasteiger partial charge < -0.3 is 5.73 Å². The summed E-state index contributed by atoms with van der Waals surface area (Å²) in [5.41, 5.74) is 7.55. The molecule has 0 atom stereocenters. The number of nitrogen functional groups attached to an aromatic ring is 1. The molecule has 5 nitrogen and oxygen atoms in total. The molecule has 2 N–H and O–H groups in total. The summed E-state index contributed by atoms with van der Waals surface area (Å²) in [5, 5.41) is 5.03. The van der Waals surface area contributed by atoms with Gasteiger partial charge in [-0.05, 0) is 13.8 Å². The number of hydrogen-bond donors (Lipinski definition) is 1. The van der Waals surface area contributed by atoms with E-state index in [1.807, 2.05) is 13.8 Å². The zero-order valence-corrected chi connectivity index (χ0v) is 10.2. The van der Waals surface area contributed by atoms with Crippen LogP contribution < -0.4 is 5.73 Å². The summed E-state index contributed by atoms with van der Waals surface area (Å²) in [6, 6.07) is 0. The van der Waals surface area contributed by atoms with E-state index in [-0.39, 0.29) is 10.8 Å². The number of anilines is 1. The van der Waals surface area contributed by atoms with Crippen molar-refractivity contribution in [3.63, 3.8) is 0 Å². The minimum Gasteiger partial charge on any atom is -0.393 e. The van der Waals surface area contributed by atoms with Crippen LogP contribution in [0, 0.1) is 13.8 Å². The fraction of sp³-hybridized carbons (Fsp3) is 0.222. The Labute approximate surface area is 102 Å². The van der Waals surface area contributed by atoms with Crippen molar-refractivity contribution < 1.29 is 0 Å². The molecular weight excluding hydrogens is 249 g/mol. The molecule has 2 aromatic rings. The van der Waals surface area contributed by atoms with Gasteiger partial charge in [0.1, 0.15) is 12.0 Å². The largest absolute Gasteiger partial charge is 0.393 e. The number of hydrogen-bond acceptors (Lipinski definition) is 4. The van der Waals surface area contributed by atoms with E-state index in [1.165, 1.54) is 6.33 Å². The molecule has 84 valence electrons. The molecule has 0 bridgehead atoms. The zero-order chi connectivity index (χ0) is 11.9. The van der Waals surface area contributed by atoms with E-state index in [0.29, 0.717) is 16.5 Å². The number of halogens is 2. The van der Waals surface area contributed by atoms with Crippen LogP contribution in [0.1, 0.15) is 11.4 Å². The van der Waals surface area contributed by atoms with Gasteiger partial charge in [0.15, 0.2) is 11.0 Å². The summed E-state index contributed by atoms with van der Waals surface area (Å²) in [6.07, 6.45) is 1.33. The minimum absolute atomic E-state index is 0.202. The second-order valence-electron chi connectivity index (χ2n) is 3.30. The van der Waals surface area contributed by atoms with Crippen LogP contribution in [0.4, 0.5) is 5.69 Å². The van der Waals surface area contributed by atoms with Gasteiger partial charge in [-0.2, -0.15) is 5.10 Å². The zero-order valence-electron chi connectivity index (χ0n) is 8.70. The van der Waals surface area contributed by atoms with Crippen molar-refractivity contribution in [2.75, 3.05) is 5.73 Å². The molecule has 0 aliphatic heterocycles. The third-order valence-electron chi connectivity index (χ3n) is 2.22. The molecule has 7 heteroatoms. The standard InChI is InChI=1S/C9H9Cl2N5/c1-4-6(10)5(2)16(15-4)9-7(12)8(11)13-3-14-9/h3H,12H2,1-2H3. The number of nitrogens with zero attached hydrogens (tertiary/aromatic N) is 4. The molecule has 0 spiro atoms. The lowest BCUT2D eigenvalue weighted by molar-refractivity contribution is 0.803. The topological polar surface area (TPSA) is 69.6 Å². The second kappa shape index (κ2) is 3.92. The Kier molecular flexibility index (Phi) is 2.73. The molecule has 0 amide bonds. The van der Waals surface area contributed by atoms with Crippen molar-refractivity contribution in [1.82, 2.24) is 19.7 Å². The number of nitrogens with two attached hydrogens (primary N) is 1. The highest BCUT2D eigenvalue weighted by molar-refractivity contribution is 6.32. The average Bonchev–Trinajstić information content (AvgIpc) is 2.50. The van der Waals surface area contributed by atoms with Crippen LogP contribution in [0.15, 0.2) is 6.33 Å². The van der Waals surface area contributed by atoms with Crippen LogP contribution in [0.2, 0.25) is 10.2 Å². The Morgan fingerprint density at radius 3 is 2.50 bits per heavy atom. The van der Waals surface area contributed by atoms with E-state index in [9.17, 15) is 0 Å². The third-order valence-corrected chi connectivity index (χ3v) is 3.07. The molecule has 0 unspecified atom stereocenters. The van der Waals surface area contributed by atoms with Gasteiger partial charge in [0.2, 0.25) is 0 Å². The van der Waals surface area contributed by atoms with Crippen LogP contribution in [-0.4, -0.2) is 19.7 Å². The molecule has 0 aromatic carbocycles. The fourth-order valence-electron chi connectivity index (χ4n) is 1.36. The monoisotopic (exact) mass is 257 g/mol. The molecule has 0 saturated heterocycles. The second-order valence-corrected chi connectivity index (χ2v) is 4.03. The number of aryl methyl sites for hydroxylation is 1. The van der Waals surface area contributed by atoms with Gasteiger partial charge in [-0.25, -0.2) is 14.6 Å². The molecule has 0 aliphatic rings. The quantitative estimate of drug-likeness (QED) is 0.796. The van der Waals surface area contributed by atoms with Gasteiger partial charge in [-0.3, -0.25) is 0 Å². The van der Waals surface area contributed by atoms with Gasteiger partial charge in [-0.1, -0.05) is 23.2 Å². The van der Waals surface area contributed by atoms with E-state index in [1.54, 1.807) is 4.68 Å². The first-order valence-corrected chi connectivity index (χ1v) is 5.26. The Morgan fingerprint density at radius 1 is 1.25 bits per heavy atom. The SMILES string of the molecule is Cc1nn(-c2ncnc(Cl)c2N)c(C)c1Cl. The Morgan fingerprint density at radius 2 is 1.94 bits per heavy atom. The first-order chi connectivity index (χ1) is 7.52. The molecule has 2 rings (SSSR count). The normalized spacial score (nSPS) is 10.8. The Balaban J connectivity index is 2.68. The lowest BCUT2D eigenvalue weighted by Gasteiger charge is -2.06. The lowest BCUT2D eigenvalue weighted by atomic mass is 10.4. The van der Waals surface area contributed by atoms with Crippen LogP contribution in [-0.2, 0) is 0 Å². The van der Waals surface area contributed by atoms with Gasteiger partial charge >= 0.3 is 0 Å². The van der Waals surface area contributed by atoms with E-state index >= 15 is 0 Å². The van der Waals surface area contributed by atoms with Crippen molar-refractivity contribution in [2.24, 2.45) is 0 Å². The van der Waals surface area contributed by atoms with Gasteiger partial charge in [0, 0.05) is 0 Å². The third kappa shape index (κ3) is 1.62. The van der Waals surface area contributed by atoms with E-state index < -0.39 is 0 Å². The molecule has 0 saturated carbocycles. The lowest BCUT2D eigenvalue weighted by Crippen LogP contribution is -2.07. The van der Waals surface area contributed by atoms with E-state index in [2.05, 4.69) is 15.1 Å². The highest BCUT2D eigenvalue weighted by Gasteiger charge is 2.15. The molecular formula is C9H9Cl2N5. The highest BCUT2D eigenvalue weighted by Crippen LogP contribution is 2.26. The van der Waals surface area contributed by atoms with E-state index in [4.69, 9.17) is 28.9 Å². The minimum atomic E-state index is 0.202. The predicted octanol–water partition coefficient (Wildman–Crippen LogP) is 2.17. The maximum Gasteiger partial charge on any atom is 0.181 e. The summed E-state index contributed by atoms with van der Waals surface area (Å²) < 4.78 is 1.56. The van der Waals surface area contributed by atoms with Crippen LogP contribution >= 0.6 is 23.2 Å². The van der Waals surface area contributed by atoms with Crippen molar-refractivity contribution in [1.29, 1.82) is 0 Å². The van der Waals surface area contributed by atoms with Gasteiger partial charge in [0.05, 0.1) is 16.4 Å². The smallest absolute Gasteiger partial charge is 0.181 e. The van der Waals surface area contributed by atoms with Gasteiger partial charge in [-0.15, -0.1) is 0 Å². The van der Waals surface area contributed by atoms with Crippen molar-refractivity contribution in [3.05, 3.63) is 27.9 Å². The Bertz CT molecular complexity index is 549. The molecule has 0 aliphatic carbocycles. The molecule has 2 aromatic heterocycles. The number of aromatic nitrogens is 4. The van der Waals surface area contributed by atoms with Crippen LogP contribution in [0.25, 0.3) is 5.82 Å².